The standard InChI is InChI=1S/C18H20FNO2S/c1-14-12-16-7-3-5-9-18(16)20(13-14)23(21,22)11-10-15-6-2-4-8-17(15)19/h2-9,14H,10-13H2,1H3. The van der Waals surface area contributed by atoms with E-state index in [1.807, 2.05) is 24.3 Å². The van der Waals surface area contributed by atoms with E-state index in [9.17, 15) is 12.8 Å². The molecule has 3 rings (SSSR count). The number of anilines is 1. The number of rotatable bonds is 4. The molecular weight excluding hydrogens is 313 g/mol. The summed E-state index contributed by atoms with van der Waals surface area (Å²) in [5.74, 6) is -0.169. The van der Waals surface area contributed by atoms with Crippen LogP contribution in [0.15, 0.2) is 48.5 Å². The SMILES string of the molecule is CC1Cc2ccccc2N(S(=O)(=O)CCc2ccccc2F)C1. The predicted octanol–water partition coefficient (Wildman–Crippen LogP) is 3.40. The molecule has 1 atom stereocenters. The van der Waals surface area contributed by atoms with Gasteiger partial charge >= 0.3 is 0 Å². The summed E-state index contributed by atoms with van der Waals surface area (Å²) in [6, 6.07) is 13.9. The summed E-state index contributed by atoms with van der Waals surface area (Å²) in [7, 11) is -3.48. The Morgan fingerprint density at radius 1 is 1.13 bits per heavy atom. The number of para-hydroxylation sites is 1. The van der Waals surface area contributed by atoms with E-state index < -0.39 is 10.0 Å². The van der Waals surface area contributed by atoms with Crippen LogP contribution in [0.1, 0.15) is 18.1 Å². The van der Waals surface area contributed by atoms with E-state index in [0.29, 0.717) is 12.1 Å². The second-order valence-corrected chi connectivity index (χ2v) is 8.14. The van der Waals surface area contributed by atoms with Gasteiger partial charge in [0, 0.05) is 6.54 Å². The van der Waals surface area contributed by atoms with Gasteiger partial charge in [-0.15, -0.1) is 0 Å². The molecule has 0 amide bonds. The molecule has 2 aromatic carbocycles. The van der Waals surface area contributed by atoms with Crippen LogP contribution in [0.4, 0.5) is 10.1 Å². The van der Waals surface area contributed by atoms with Crippen molar-refractivity contribution >= 4 is 15.7 Å². The van der Waals surface area contributed by atoms with Crippen LogP contribution in [0.2, 0.25) is 0 Å². The molecule has 23 heavy (non-hydrogen) atoms. The first-order valence-corrected chi connectivity index (χ1v) is 9.40. The highest BCUT2D eigenvalue weighted by molar-refractivity contribution is 7.92. The maximum absolute atomic E-state index is 13.7. The van der Waals surface area contributed by atoms with E-state index in [0.717, 1.165) is 17.7 Å². The molecule has 1 aliphatic rings. The van der Waals surface area contributed by atoms with Crippen molar-refractivity contribution < 1.29 is 12.8 Å². The fourth-order valence-corrected chi connectivity index (χ4v) is 4.72. The Bertz CT molecular complexity index is 804. The Morgan fingerprint density at radius 2 is 1.83 bits per heavy atom. The van der Waals surface area contributed by atoms with Gasteiger partial charge < -0.3 is 0 Å². The summed E-state index contributed by atoms with van der Waals surface area (Å²) < 4.78 is 40.8. The molecule has 1 heterocycles. The van der Waals surface area contributed by atoms with Crippen molar-refractivity contribution in [3.8, 4) is 0 Å². The Morgan fingerprint density at radius 3 is 2.61 bits per heavy atom. The van der Waals surface area contributed by atoms with Gasteiger partial charge in [-0.25, -0.2) is 12.8 Å². The highest BCUT2D eigenvalue weighted by Gasteiger charge is 2.30. The normalized spacial score (nSPS) is 17.8. The molecule has 0 N–H and O–H groups in total. The summed E-state index contributed by atoms with van der Waals surface area (Å²) in [6.07, 6.45) is 1.07. The van der Waals surface area contributed by atoms with Gasteiger partial charge in [-0.1, -0.05) is 43.3 Å². The molecule has 3 nitrogen and oxygen atoms in total. The van der Waals surface area contributed by atoms with Gasteiger partial charge in [0.25, 0.3) is 0 Å². The van der Waals surface area contributed by atoms with Crippen molar-refractivity contribution in [2.75, 3.05) is 16.6 Å². The van der Waals surface area contributed by atoms with Crippen LogP contribution < -0.4 is 4.31 Å². The first-order valence-electron chi connectivity index (χ1n) is 7.79. The average Bonchev–Trinajstić information content (AvgIpc) is 2.53. The van der Waals surface area contributed by atoms with Gasteiger partial charge in [0.05, 0.1) is 11.4 Å². The van der Waals surface area contributed by atoms with Crippen LogP contribution in [0, 0.1) is 11.7 Å². The van der Waals surface area contributed by atoms with Crippen molar-refractivity contribution in [1.29, 1.82) is 0 Å². The summed E-state index contributed by atoms with van der Waals surface area (Å²) in [4.78, 5) is 0. The van der Waals surface area contributed by atoms with Crippen LogP contribution in [0.25, 0.3) is 0 Å². The van der Waals surface area contributed by atoms with Crippen LogP contribution in [0.5, 0.6) is 0 Å². The monoisotopic (exact) mass is 333 g/mol. The third-order valence-corrected chi connectivity index (χ3v) is 5.97. The molecule has 0 fully saturated rings. The third kappa shape index (κ3) is 3.39. The zero-order valence-electron chi connectivity index (χ0n) is 13.1. The number of fused-ring (bicyclic) bond motifs is 1. The number of benzene rings is 2. The van der Waals surface area contributed by atoms with E-state index in [2.05, 4.69) is 6.92 Å². The predicted molar refractivity (Wildman–Crippen MR) is 90.5 cm³/mol. The number of sulfonamides is 1. The Kier molecular flexibility index (Phi) is 4.39. The van der Waals surface area contributed by atoms with E-state index in [1.54, 1.807) is 18.2 Å². The number of aryl methyl sites for hydroxylation is 1. The number of nitrogens with zero attached hydrogens (tertiary/aromatic N) is 1. The molecule has 0 radical (unpaired) electrons. The first kappa shape index (κ1) is 16.0. The Labute approximate surface area is 136 Å². The molecule has 1 aliphatic heterocycles. The second kappa shape index (κ2) is 6.32. The maximum atomic E-state index is 13.7. The quantitative estimate of drug-likeness (QED) is 0.860. The van der Waals surface area contributed by atoms with Crippen molar-refractivity contribution in [3.63, 3.8) is 0 Å². The smallest absolute Gasteiger partial charge is 0.235 e. The van der Waals surface area contributed by atoms with Gasteiger partial charge in [-0.05, 0) is 42.0 Å². The lowest BCUT2D eigenvalue weighted by atomic mass is 9.96. The Hall–Kier alpha value is -1.88. The van der Waals surface area contributed by atoms with Crippen LogP contribution in [-0.4, -0.2) is 20.7 Å². The van der Waals surface area contributed by atoms with Crippen molar-refractivity contribution in [3.05, 3.63) is 65.5 Å². The minimum atomic E-state index is -3.48. The zero-order valence-corrected chi connectivity index (χ0v) is 13.9. The van der Waals surface area contributed by atoms with E-state index in [1.165, 1.54) is 10.4 Å². The fourth-order valence-electron chi connectivity index (χ4n) is 3.06. The topological polar surface area (TPSA) is 37.4 Å². The molecule has 5 heteroatoms. The average molecular weight is 333 g/mol. The molecule has 0 bridgehead atoms. The lowest BCUT2D eigenvalue weighted by Gasteiger charge is -2.34. The number of hydrogen-bond acceptors (Lipinski definition) is 2. The minimum Gasteiger partial charge on any atom is -0.270 e. The molecule has 0 saturated heterocycles. The maximum Gasteiger partial charge on any atom is 0.235 e. The molecule has 122 valence electrons. The van der Waals surface area contributed by atoms with Gasteiger partial charge in [0.1, 0.15) is 5.82 Å². The molecular formula is C18H20FNO2S. The van der Waals surface area contributed by atoms with E-state index in [4.69, 9.17) is 0 Å². The van der Waals surface area contributed by atoms with Crippen molar-refractivity contribution in [1.82, 2.24) is 0 Å². The summed E-state index contributed by atoms with van der Waals surface area (Å²) in [6.45, 7) is 2.53. The highest BCUT2D eigenvalue weighted by atomic mass is 32.2. The second-order valence-electron chi connectivity index (χ2n) is 6.13. The van der Waals surface area contributed by atoms with Crippen LogP contribution in [0.3, 0.4) is 0 Å². The van der Waals surface area contributed by atoms with E-state index >= 15 is 0 Å². The van der Waals surface area contributed by atoms with Crippen LogP contribution in [-0.2, 0) is 22.9 Å². The lowest BCUT2D eigenvalue weighted by molar-refractivity contribution is 0.544. The van der Waals surface area contributed by atoms with E-state index in [-0.39, 0.29) is 23.9 Å². The molecule has 0 aliphatic carbocycles. The van der Waals surface area contributed by atoms with Crippen LogP contribution >= 0.6 is 0 Å². The number of halogens is 1. The largest absolute Gasteiger partial charge is 0.270 e. The van der Waals surface area contributed by atoms with Gasteiger partial charge in [-0.2, -0.15) is 0 Å². The summed E-state index contributed by atoms with van der Waals surface area (Å²) in [5.41, 5.74) is 2.26. The first-order chi connectivity index (χ1) is 11.0. The summed E-state index contributed by atoms with van der Waals surface area (Å²) >= 11 is 0. The molecule has 0 saturated carbocycles. The molecule has 0 spiro atoms. The van der Waals surface area contributed by atoms with Gasteiger partial charge in [0.2, 0.25) is 10.0 Å². The fraction of sp³-hybridized carbons (Fsp3) is 0.333. The Balaban J connectivity index is 1.84. The van der Waals surface area contributed by atoms with Crippen molar-refractivity contribution in [2.45, 2.75) is 19.8 Å². The van der Waals surface area contributed by atoms with Gasteiger partial charge in [-0.3, -0.25) is 4.31 Å². The summed E-state index contributed by atoms with van der Waals surface area (Å²) in [5, 5.41) is 0. The molecule has 2 aromatic rings. The molecule has 0 aromatic heterocycles. The third-order valence-electron chi connectivity index (χ3n) is 4.23. The minimum absolute atomic E-state index is 0.0883. The van der Waals surface area contributed by atoms with Crippen molar-refractivity contribution in [2.24, 2.45) is 5.92 Å². The molecule has 1 unspecified atom stereocenters. The zero-order chi connectivity index (χ0) is 16.4. The lowest BCUT2D eigenvalue weighted by Crippen LogP contribution is -2.40. The number of hydrogen-bond donors (Lipinski definition) is 0. The highest BCUT2D eigenvalue weighted by Crippen LogP contribution is 2.31. The van der Waals surface area contributed by atoms with Gasteiger partial charge in [0.15, 0.2) is 0 Å².